The first-order chi connectivity index (χ1) is 14.5. The summed E-state index contributed by atoms with van der Waals surface area (Å²) in [5.41, 5.74) is 1.28. The van der Waals surface area contributed by atoms with Crippen LogP contribution < -0.4 is 4.90 Å². The monoisotopic (exact) mass is 438 g/mol. The predicted octanol–water partition coefficient (Wildman–Crippen LogP) is 2.20. The molecule has 0 spiro atoms. The lowest BCUT2D eigenvalue weighted by Gasteiger charge is -2.23. The molecule has 0 aliphatic rings. The Hall–Kier alpha value is -3.54. The van der Waals surface area contributed by atoms with E-state index in [-0.39, 0.29) is 5.91 Å². The first-order valence-electron chi connectivity index (χ1n) is 8.96. The van der Waals surface area contributed by atoms with E-state index in [4.69, 9.17) is 9.90 Å². The highest BCUT2D eigenvalue weighted by Crippen LogP contribution is 2.17. The quantitative estimate of drug-likeness (QED) is 0.651. The second-order valence-electron chi connectivity index (χ2n) is 6.66. The lowest BCUT2D eigenvalue weighted by atomic mass is 10.2. The van der Waals surface area contributed by atoms with E-state index in [0.29, 0.717) is 17.9 Å². The molecule has 12 heteroatoms. The minimum absolute atomic E-state index is 0.117. The van der Waals surface area contributed by atoms with Gasteiger partial charge in [0.2, 0.25) is 0 Å². The molecule has 31 heavy (non-hydrogen) atoms. The van der Waals surface area contributed by atoms with Crippen molar-refractivity contribution in [3.8, 4) is 0 Å². The van der Waals surface area contributed by atoms with Gasteiger partial charge >= 0.3 is 12.1 Å². The molecular formula is C19H21F3N6O3. The van der Waals surface area contributed by atoms with E-state index in [1.807, 2.05) is 50.3 Å². The Balaban J connectivity index is 0.000000423. The van der Waals surface area contributed by atoms with Gasteiger partial charge in [-0.15, -0.1) is 0 Å². The minimum Gasteiger partial charge on any atom is -0.475 e. The summed E-state index contributed by atoms with van der Waals surface area (Å²) in [7, 11) is 5.78. The molecule has 0 aliphatic heterocycles. The molecule has 1 N–H and O–H groups in total. The molecule has 3 aromatic heterocycles. The van der Waals surface area contributed by atoms with Crippen LogP contribution in [-0.2, 0) is 11.8 Å². The number of anilines is 1. The van der Waals surface area contributed by atoms with Crippen molar-refractivity contribution in [2.45, 2.75) is 6.18 Å². The number of carbonyl (C=O) groups excluding carboxylic acids is 1. The number of aryl methyl sites for hydroxylation is 1. The van der Waals surface area contributed by atoms with Gasteiger partial charge in [0.1, 0.15) is 5.82 Å². The molecule has 0 saturated heterocycles. The summed E-state index contributed by atoms with van der Waals surface area (Å²) in [6.45, 7) is 1.29. The topological polar surface area (TPSA) is 104 Å². The van der Waals surface area contributed by atoms with Crippen molar-refractivity contribution in [3.63, 3.8) is 0 Å². The Morgan fingerprint density at radius 2 is 1.81 bits per heavy atom. The molecular weight excluding hydrogens is 417 g/mol. The third-order valence-electron chi connectivity index (χ3n) is 4.00. The lowest BCUT2D eigenvalue weighted by molar-refractivity contribution is -0.192. The van der Waals surface area contributed by atoms with Crippen molar-refractivity contribution < 1.29 is 27.9 Å². The van der Waals surface area contributed by atoms with Crippen LogP contribution in [0.1, 0.15) is 10.4 Å². The molecule has 0 radical (unpaired) electrons. The van der Waals surface area contributed by atoms with Gasteiger partial charge in [0.25, 0.3) is 5.91 Å². The maximum absolute atomic E-state index is 13.0. The van der Waals surface area contributed by atoms with Gasteiger partial charge in [-0.05, 0) is 32.3 Å². The third-order valence-corrected chi connectivity index (χ3v) is 4.00. The summed E-state index contributed by atoms with van der Waals surface area (Å²) >= 11 is 0. The van der Waals surface area contributed by atoms with Crippen LogP contribution >= 0.6 is 0 Å². The maximum Gasteiger partial charge on any atom is 0.490 e. The fourth-order valence-electron chi connectivity index (χ4n) is 2.45. The Bertz CT molecular complexity index is 1040. The van der Waals surface area contributed by atoms with Gasteiger partial charge in [0, 0.05) is 37.9 Å². The molecule has 3 aromatic rings. The van der Waals surface area contributed by atoms with E-state index < -0.39 is 12.1 Å². The van der Waals surface area contributed by atoms with Crippen molar-refractivity contribution in [1.82, 2.24) is 24.6 Å². The van der Waals surface area contributed by atoms with Gasteiger partial charge in [-0.3, -0.25) is 14.4 Å². The van der Waals surface area contributed by atoms with Crippen LogP contribution in [0.5, 0.6) is 0 Å². The standard InChI is InChI=1S/C17H20N6O.C2HF3O2/c1-21(2)8-9-23(15-6-4-5-7-18-15)17(24)14-10-13-12-20-22(3)16(13)19-11-14;3-2(4,5)1(6)7/h4-7,10-12H,8-9H2,1-3H3;(H,6,7). The molecule has 9 nitrogen and oxygen atoms in total. The number of alkyl halides is 3. The summed E-state index contributed by atoms with van der Waals surface area (Å²) < 4.78 is 33.4. The van der Waals surface area contributed by atoms with Crippen LogP contribution in [0.4, 0.5) is 19.0 Å². The number of aliphatic carboxylic acids is 1. The van der Waals surface area contributed by atoms with E-state index in [1.54, 1.807) is 28.2 Å². The first kappa shape index (κ1) is 23.7. The zero-order valence-corrected chi connectivity index (χ0v) is 17.0. The number of fused-ring (bicyclic) bond motifs is 1. The number of aromatic nitrogens is 4. The zero-order valence-electron chi connectivity index (χ0n) is 17.0. The Morgan fingerprint density at radius 1 is 1.13 bits per heavy atom. The Kier molecular flexibility index (Phi) is 7.64. The molecule has 3 heterocycles. The van der Waals surface area contributed by atoms with Crippen molar-refractivity contribution >= 4 is 28.7 Å². The van der Waals surface area contributed by atoms with Crippen LogP contribution in [0.15, 0.2) is 42.9 Å². The van der Waals surface area contributed by atoms with Gasteiger partial charge < -0.3 is 10.0 Å². The number of likely N-dealkylation sites (N-methyl/N-ethyl adjacent to an activating group) is 1. The number of carbonyl (C=O) groups is 2. The van der Waals surface area contributed by atoms with Crippen molar-refractivity contribution in [3.05, 3.63) is 48.4 Å². The van der Waals surface area contributed by atoms with Gasteiger partial charge in [-0.2, -0.15) is 18.3 Å². The lowest BCUT2D eigenvalue weighted by Crippen LogP contribution is -2.37. The van der Waals surface area contributed by atoms with Crippen LogP contribution in [0.25, 0.3) is 11.0 Å². The number of amides is 1. The van der Waals surface area contributed by atoms with Crippen LogP contribution in [0, 0.1) is 0 Å². The van der Waals surface area contributed by atoms with Crippen molar-refractivity contribution in [1.29, 1.82) is 0 Å². The summed E-state index contributed by atoms with van der Waals surface area (Å²) in [4.78, 5) is 34.3. The summed E-state index contributed by atoms with van der Waals surface area (Å²) in [6, 6.07) is 7.37. The number of nitrogens with zero attached hydrogens (tertiary/aromatic N) is 6. The van der Waals surface area contributed by atoms with Crippen LogP contribution in [-0.4, -0.2) is 75.0 Å². The van der Waals surface area contributed by atoms with E-state index in [0.717, 1.165) is 17.6 Å². The molecule has 0 unspecified atom stereocenters. The number of pyridine rings is 2. The normalized spacial score (nSPS) is 11.2. The van der Waals surface area contributed by atoms with Gasteiger partial charge in [0.05, 0.1) is 11.8 Å². The predicted molar refractivity (Wildman–Crippen MR) is 107 cm³/mol. The minimum atomic E-state index is -5.08. The highest BCUT2D eigenvalue weighted by molar-refractivity contribution is 6.06. The van der Waals surface area contributed by atoms with E-state index >= 15 is 0 Å². The molecule has 0 saturated carbocycles. The number of halogens is 3. The summed E-state index contributed by atoms with van der Waals surface area (Å²) in [5, 5.41) is 12.1. The molecule has 0 bridgehead atoms. The largest absolute Gasteiger partial charge is 0.490 e. The Labute approximate surface area is 175 Å². The SMILES string of the molecule is CN(C)CCN(C(=O)c1cnc2c(cnn2C)c1)c1ccccn1.O=C(O)C(F)(F)F. The van der Waals surface area contributed by atoms with E-state index in [2.05, 4.69) is 15.1 Å². The molecule has 166 valence electrons. The second kappa shape index (κ2) is 9.98. The number of rotatable bonds is 5. The highest BCUT2D eigenvalue weighted by atomic mass is 19.4. The number of hydrogen-bond donors (Lipinski definition) is 1. The van der Waals surface area contributed by atoms with Gasteiger partial charge in [0.15, 0.2) is 5.65 Å². The van der Waals surface area contributed by atoms with E-state index in [9.17, 15) is 18.0 Å². The van der Waals surface area contributed by atoms with Crippen molar-refractivity contribution in [2.75, 3.05) is 32.1 Å². The average molecular weight is 438 g/mol. The second-order valence-corrected chi connectivity index (χ2v) is 6.66. The fourth-order valence-corrected chi connectivity index (χ4v) is 2.45. The number of carboxylic acid groups (broad SMARTS) is 1. The third kappa shape index (κ3) is 6.47. The molecule has 1 amide bonds. The summed E-state index contributed by atoms with van der Waals surface area (Å²) in [6.07, 6.45) is -0.0875. The number of carboxylic acids is 1. The van der Waals surface area contributed by atoms with Gasteiger partial charge in [-0.25, -0.2) is 14.8 Å². The van der Waals surface area contributed by atoms with Crippen LogP contribution in [0.3, 0.4) is 0 Å². The Morgan fingerprint density at radius 3 is 2.35 bits per heavy atom. The zero-order chi connectivity index (χ0) is 23.2. The maximum atomic E-state index is 13.0. The highest BCUT2D eigenvalue weighted by Gasteiger charge is 2.38. The molecule has 0 fully saturated rings. The molecule has 0 aliphatic carbocycles. The number of hydrogen-bond acceptors (Lipinski definition) is 6. The smallest absolute Gasteiger partial charge is 0.475 e. The summed E-state index contributed by atoms with van der Waals surface area (Å²) in [5.74, 6) is -2.24. The van der Waals surface area contributed by atoms with E-state index in [1.165, 1.54) is 0 Å². The molecule has 0 atom stereocenters. The first-order valence-corrected chi connectivity index (χ1v) is 8.96. The van der Waals surface area contributed by atoms with Crippen molar-refractivity contribution in [2.24, 2.45) is 7.05 Å². The fraction of sp³-hybridized carbons (Fsp3) is 0.316. The molecule has 3 rings (SSSR count). The average Bonchev–Trinajstić information content (AvgIpc) is 3.08. The van der Waals surface area contributed by atoms with Crippen LogP contribution in [0.2, 0.25) is 0 Å². The molecule has 0 aromatic carbocycles. The van der Waals surface area contributed by atoms with Gasteiger partial charge in [-0.1, -0.05) is 6.07 Å².